The van der Waals surface area contributed by atoms with Crippen molar-refractivity contribution in [3.8, 4) is 0 Å². The lowest BCUT2D eigenvalue weighted by Crippen LogP contribution is -2.26. The largest absolute Gasteiger partial charge is 0.397 e. The Morgan fingerprint density at radius 2 is 2.10 bits per heavy atom. The van der Waals surface area contributed by atoms with Gasteiger partial charge in [-0.1, -0.05) is 25.4 Å². The number of thioether (sulfide) groups is 1. The lowest BCUT2D eigenvalue weighted by atomic mass is 10.2. The molecule has 0 aliphatic heterocycles. The summed E-state index contributed by atoms with van der Waals surface area (Å²) in [5.74, 6) is 1.35. The normalized spacial score (nSPS) is 10.8. The zero-order chi connectivity index (χ0) is 15.0. The first kappa shape index (κ1) is 17.1. The first-order chi connectivity index (χ1) is 9.56. The van der Waals surface area contributed by atoms with E-state index in [1.165, 1.54) is 0 Å². The molecule has 1 aromatic rings. The van der Waals surface area contributed by atoms with E-state index in [9.17, 15) is 4.79 Å². The third kappa shape index (κ3) is 6.03. The standard InChI is InChI=1S/C14H22ClN3OS/c1-3-18(4-2)7-8-20-10-14(19)17-13-6-5-11(15)9-12(13)16/h5-6,9H,3-4,7-8,10,16H2,1-2H3,(H,17,19). The summed E-state index contributed by atoms with van der Waals surface area (Å²) in [7, 11) is 0. The number of benzene rings is 1. The van der Waals surface area contributed by atoms with E-state index in [4.69, 9.17) is 17.3 Å². The van der Waals surface area contributed by atoms with Crippen LogP contribution in [0.2, 0.25) is 5.02 Å². The number of nitrogens with one attached hydrogen (secondary N) is 1. The number of nitrogens with two attached hydrogens (primary N) is 1. The minimum atomic E-state index is -0.0384. The van der Waals surface area contributed by atoms with Gasteiger partial charge in [0.15, 0.2) is 0 Å². The van der Waals surface area contributed by atoms with Crippen LogP contribution >= 0.6 is 23.4 Å². The molecule has 0 radical (unpaired) electrons. The molecule has 0 saturated carbocycles. The Kier molecular flexibility index (Phi) is 7.80. The van der Waals surface area contributed by atoms with Gasteiger partial charge in [-0.25, -0.2) is 0 Å². The van der Waals surface area contributed by atoms with Crippen LogP contribution < -0.4 is 11.1 Å². The van der Waals surface area contributed by atoms with E-state index in [0.29, 0.717) is 22.2 Å². The zero-order valence-corrected chi connectivity index (χ0v) is 13.6. The summed E-state index contributed by atoms with van der Waals surface area (Å²) < 4.78 is 0. The van der Waals surface area contributed by atoms with Gasteiger partial charge >= 0.3 is 0 Å². The maximum Gasteiger partial charge on any atom is 0.234 e. The molecule has 0 spiro atoms. The summed E-state index contributed by atoms with van der Waals surface area (Å²) in [6.07, 6.45) is 0. The molecule has 3 N–H and O–H groups in total. The van der Waals surface area contributed by atoms with E-state index in [2.05, 4.69) is 24.1 Å². The number of halogens is 1. The van der Waals surface area contributed by atoms with Crippen LogP contribution in [0.15, 0.2) is 18.2 Å². The number of hydrogen-bond donors (Lipinski definition) is 2. The van der Waals surface area contributed by atoms with Gasteiger partial charge in [0.25, 0.3) is 0 Å². The molecule has 1 amide bonds. The Morgan fingerprint density at radius 3 is 2.70 bits per heavy atom. The summed E-state index contributed by atoms with van der Waals surface area (Å²) in [6.45, 7) is 7.39. The first-order valence-corrected chi connectivity index (χ1v) is 8.25. The highest BCUT2D eigenvalue weighted by atomic mass is 35.5. The maximum absolute atomic E-state index is 11.8. The van der Waals surface area contributed by atoms with Gasteiger partial charge < -0.3 is 16.0 Å². The van der Waals surface area contributed by atoms with Crippen LogP contribution in [0.5, 0.6) is 0 Å². The number of carbonyl (C=O) groups excluding carboxylic acids is 1. The van der Waals surface area contributed by atoms with Crippen LogP contribution in [0.4, 0.5) is 11.4 Å². The highest BCUT2D eigenvalue weighted by Gasteiger charge is 2.06. The molecule has 0 unspecified atom stereocenters. The van der Waals surface area contributed by atoms with Crippen LogP contribution in [0.1, 0.15) is 13.8 Å². The van der Waals surface area contributed by atoms with Crippen LogP contribution in [0.3, 0.4) is 0 Å². The summed E-state index contributed by atoms with van der Waals surface area (Å²) in [5, 5.41) is 3.36. The fourth-order valence-corrected chi connectivity index (χ4v) is 2.70. The number of rotatable bonds is 8. The van der Waals surface area contributed by atoms with Crippen molar-refractivity contribution in [2.75, 3.05) is 42.2 Å². The quantitative estimate of drug-likeness (QED) is 0.572. The summed E-state index contributed by atoms with van der Waals surface area (Å²) >= 11 is 7.44. The highest BCUT2D eigenvalue weighted by Crippen LogP contribution is 2.22. The van der Waals surface area contributed by atoms with Crippen molar-refractivity contribution >= 4 is 40.6 Å². The van der Waals surface area contributed by atoms with E-state index < -0.39 is 0 Å². The second kappa shape index (κ2) is 9.10. The number of hydrogen-bond acceptors (Lipinski definition) is 4. The molecule has 6 heteroatoms. The predicted molar refractivity (Wildman–Crippen MR) is 89.6 cm³/mol. The van der Waals surface area contributed by atoms with E-state index in [1.807, 2.05) is 0 Å². The average Bonchev–Trinajstić information content (AvgIpc) is 2.42. The third-order valence-corrected chi connectivity index (χ3v) is 4.14. The van der Waals surface area contributed by atoms with Crippen molar-refractivity contribution in [1.29, 1.82) is 0 Å². The number of amides is 1. The van der Waals surface area contributed by atoms with Gasteiger partial charge in [-0.05, 0) is 31.3 Å². The van der Waals surface area contributed by atoms with Crippen molar-refractivity contribution in [3.63, 3.8) is 0 Å². The summed E-state index contributed by atoms with van der Waals surface area (Å²) in [5.41, 5.74) is 6.89. The lowest BCUT2D eigenvalue weighted by Gasteiger charge is -2.17. The van der Waals surface area contributed by atoms with Gasteiger partial charge in [0, 0.05) is 17.3 Å². The molecule has 1 aromatic carbocycles. The fourth-order valence-electron chi connectivity index (χ4n) is 1.73. The number of nitrogens with zero attached hydrogens (tertiary/aromatic N) is 1. The van der Waals surface area contributed by atoms with Crippen molar-refractivity contribution in [2.45, 2.75) is 13.8 Å². The predicted octanol–water partition coefficient (Wildman–Crippen LogP) is 2.94. The molecular weight excluding hydrogens is 294 g/mol. The molecule has 0 atom stereocenters. The molecule has 0 aliphatic carbocycles. The van der Waals surface area contributed by atoms with E-state index in [-0.39, 0.29) is 5.91 Å². The fraction of sp³-hybridized carbons (Fsp3) is 0.500. The lowest BCUT2D eigenvalue weighted by molar-refractivity contribution is -0.113. The van der Waals surface area contributed by atoms with Crippen LogP contribution in [-0.4, -0.2) is 41.9 Å². The van der Waals surface area contributed by atoms with Crippen molar-refractivity contribution in [2.24, 2.45) is 0 Å². The molecule has 0 fully saturated rings. The van der Waals surface area contributed by atoms with Gasteiger partial charge in [-0.2, -0.15) is 11.8 Å². The van der Waals surface area contributed by atoms with Crippen molar-refractivity contribution in [1.82, 2.24) is 4.90 Å². The monoisotopic (exact) mass is 315 g/mol. The van der Waals surface area contributed by atoms with E-state index >= 15 is 0 Å². The topological polar surface area (TPSA) is 58.4 Å². The minimum Gasteiger partial charge on any atom is -0.397 e. The Hall–Kier alpha value is -0.910. The SMILES string of the molecule is CCN(CC)CCSCC(=O)Nc1ccc(Cl)cc1N. The first-order valence-electron chi connectivity index (χ1n) is 6.71. The molecule has 0 aromatic heterocycles. The second-order valence-electron chi connectivity index (χ2n) is 4.36. The van der Waals surface area contributed by atoms with Gasteiger partial charge in [-0.15, -0.1) is 0 Å². The smallest absolute Gasteiger partial charge is 0.234 e. The van der Waals surface area contributed by atoms with Crippen LogP contribution in [0, 0.1) is 0 Å². The van der Waals surface area contributed by atoms with Gasteiger partial charge in [0.1, 0.15) is 0 Å². The Bertz CT molecular complexity index is 438. The average molecular weight is 316 g/mol. The van der Waals surface area contributed by atoms with Crippen molar-refractivity contribution in [3.05, 3.63) is 23.2 Å². The number of nitrogen functional groups attached to an aromatic ring is 1. The van der Waals surface area contributed by atoms with E-state index in [0.717, 1.165) is 25.4 Å². The van der Waals surface area contributed by atoms with Gasteiger partial charge in [0.05, 0.1) is 17.1 Å². The third-order valence-electron chi connectivity index (χ3n) is 2.97. The van der Waals surface area contributed by atoms with Gasteiger partial charge in [0.2, 0.25) is 5.91 Å². The molecule has 0 saturated heterocycles. The molecule has 0 bridgehead atoms. The zero-order valence-electron chi connectivity index (χ0n) is 12.0. The summed E-state index contributed by atoms with van der Waals surface area (Å²) in [6, 6.07) is 5.06. The maximum atomic E-state index is 11.8. The number of anilines is 2. The number of carbonyl (C=O) groups is 1. The molecule has 0 heterocycles. The Morgan fingerprint density at radius 1 is 1.40 bits per heavy atom. The molecular formula is C14H22ClN3OS. The Labute approximate surface area is 130 Å². The Balaban J connectivity index is 2.30. The van der Waals surface area contributed by atoms with E-state index in [1.54, 1.807) is 30.0 Å². The molecule has 20 heavy (non-hydrogen) atoms. The van der Waals surface area contributed by atoms with Crippen molar-refractivity contribution < 1.29 is 4.79 Å². The van der Waals surface area contributed by atoms with Crippen LogP contribution in [0.25, 0.3) is 0 Å². The summed E-state index contributed by atoms with van der Waals surface area (Å²) in [4.78, 5) is 14.1. The molecule has 112 valence electrons. The molecule has 0 aliphatic rings. The second-order valence-corrected chi connectivity index (χ2v) is 5.90. The van der Waals surface area contributed by atoms with Gasteiger partial charge in [-0.3, -0.25) is 4.79 Å². The molecule has 4 nitrogen and oxygen atoms in total. The minimum absolute atomic E-state index is 0.0384. The van der Waals surface area contributed by atoms with Crippen LogP contribution in [-0.2, 0) is 4.79 Å². The highest BCUT2D eigenvalue weighted by molar-refractivity contribution is 7.99. The molecule has 1 rings (SSSR count).